The van der Waals surface area contributed by atoms with Crippen molar-refractivity contribution in [3.8, 4) is 0 Å². The zero-order valence-corrected chi connectivity index (χ0v) is 14.2. The Morgan fingerprint density at radius 3 is 2.65 bits per heavy atom. The van der Waals surface area contributed by atoms with Crippen LogP contribution in [0.2, 0.25) is 0 Å². The van der Waals surface area contributed by atoms with Crippen LogP contribution in [-0.4, -0.2) is 60.0 Å². The molecule has 2 amide bonds. The molecule has 7 heteroatoms. The average molecular weight is 322 g/mol. The van der Waals surface area contributed by atoms with Crippen molar-refractivity contribution >= 4 is 11.8 Å². The molecule has 1 heterocycles. The van der Waals surface area contributed by atoms with Crippen molar-refractivity contribution in [3.05, 3.63) is 23.8 Å². The highest BCUT2D eigenvalue weighted by molar-refractivity contribution is 5.92. The lowest BCUT2D eigenvalue weighted by molar-refractivity contribution is -0.121. The van der Waals surface area contributed by atoms with E-state index in [-0.39, 0.29) is 18.2 Å². The molecule has 0 aromatic carbocycles. The number of aryl methyl sites for hydroxylation is 1. The summed E-state index contributed by atoms with van der Waals surface area (Å²) in [4.78, 5) is 34.1. The van der Waals surface area contributed by atoms with E-state index in [1.807, 2.05) is 13.8 Å². The molecule has 0 saturated heterocycles. The number of ether oxygens (including phenoxy) is 1. The zero-order chi connectivity index (χ0) is 17.1. The van der Waals surface area contributed by atoms with Crippen LogP contribution in [0.5, 0.6) is 0 Å². The molecule has 23 heavy (non-hydrogen) atoms. The van der Waals surface area contributed by atoms with Gasteiger partial charge >= 0.3 is 0 Å². The number of hydrogen-bond acceptors (Lipinski definition) is 5. The van der Waals surface area contributed by atoms with E-state index in [9.17, 15) is 9.59 Å². The molecule has 0 unspecified atom stereocenters. The number of carbonyl (C=O) groups excluding carboxylic acids is 2. The van der Waals surface area contributed by atoms with Gasteiger partial charge in [0, 0.05) is 46.0 Å². The maximum Gasteiger partial charge on any atom is 0.274 e. The molecule has 1 N–H and O–H groups in total. The quantitative estimate of drug-likeness (QED) is 0.654. The molecule has 1 aromatic heterocycles. The Labute approximate surface area is 137 Å². The number of nitrogens with one attached hydrogen (secondary N) is 1. The minimum atomic E-state index is -0.211. The molecule has 0 aliphatic heterocycles. The lowest BCUT2D eigenvalue weighted by Gasteiger charge is -2.22. The number of aromatic nitrogens is 2. The highest BCUT2D eigenvalue weighted by atomic mass is 16.5. The van der Waals surface area contributed by atoms with Crippen LogP contribution in [0.15, 0.2) is 12.4 Å². The van der Waals surface area contributed by atoms with Gasteiger partial charge in [0.05, 0.1) is 11.9 Å². The van der Waals surface area contributed by atoms with Gasteiger partial charge in [-0.3, -0.25) is 14.6 Å². The third kappa shape index (κ3) is 7.19. The molecular formula is C16H26N4O3. The summed E-state index contributed by atoms with van der Waals surface area (Å²) < 4.78 is 5.03. The smallest absolute Gasteiger partial charge is 0.274 e. The summed E-state index contributed by atoms with van der Waals surface area (Å²) in [6, 6.07) is 0. The summed E-state index contributed by atoms with van der Waals surface area (Å²) in [5.74, 6) is -0.261. The van der Waals surface area contributed by atoms with E-state index >= 15 is 0 Å². The van der Waals surface area contributed by atoms with Gasteiger partial charge in [-0.2, -0.15) is 0 Å². The first-order chi connectivity index (χ1) is 11.1. The Morgan fingerprint density at radius 2 is 2.04 bits per heavy atom. The van der Waals surface area contributed by atoms with Crippen LogP contribution in [0.3, 0.4) is 0 Å². The second-order valence-electron chi connectivity index (χ2n) is 5.28. The summed E-state index contributed by atoms with van der Waals surface area (Å²) in [5, 5.41) is 2.81. The minimum Gasteiger partial charge on any atom is -0.385 e. The Balaban J connectivity index is 2.64. The molecule has 0 radical (unpaired) electrons. The highest BCUT2D eigenvalue weighted by Crippen LogP contribution is 2.04. The summed E-state index contributed by atoms with van der Waals surface area (Å²) in [7, 11) is 1.62. The molecule has 0 aliphatic rings. The van der Waals surface area contributed by atoms with E-state index in [0.29, 0.717) is 38.4 Å². The normalized spacial score (nSPS) is 10.4. The maximum atomic E-state index is 12.5. The maximum absolute atomic E-state index is 12.5. The Morgan fingerprint density at radius 1 is 1.26 bits per heavy atom. The van der Waals surface area contributed by atoms with E-state index in [4.69, 9.17) is 4.74 Å². The van der Waals surface area contributed by atoms with E-state index < -0.39 is 0 Å². The summed E-state index contributed by atoms with van der Waals surface area (Å²) >= 11 is 0. The van der Waals surface area contributed by atoms with E-state index in [1.165, 1.54) is 6.20 Å². The van der Waals surface area contributed by atoms with Gasteiger partial charge < -0.3 is 15.0 Å². The van der Waals surface area contributed by atoms with Gasteiger partial charge in [0.25, 0.3) is 5.91 Å². The molecule has 0 spiro atoms. The lowest BCUT2D eigenvalue weighted by Crippen LogP contribution is -2.37. The standard InChI is InChI=1S/C16H26N4O3/c1-4-7-17-15(21)6-9-20(8-5-10-23-3)16(22)14-12-18-13(2)11-19-14/h11-12H,4-10H2,1-3H3,(H,17,21). The van der Waals surface area contributed by atoms with Crippen molar-refractivity contribution in [1.29, 1.82) is 0 Å². The highest BCUT2D eigenvalue weighted by Gasteiger charge is 2.18. The van der Waals surface area contributed by atoms with Crippen molar-refractivity contribution in [3.63, 3.8) is 0 Å². The van der Waals surface area contributed by atoms with E-state index in [1.54, 1.807) is 18.2 Å². The van der Waals surface area contributed by atoms with Gasteiger partial charge in [0.1, 0.15) is 5.69 Å². The fourth-order valence-corrected chi connectivity index (χ4v) is 1.97. The van der Waals surface area contributed by atoms with Gasteiger partial charge in [-0.15, -0.1) is 0 Å². The molecule has 0 fully saturated rings. The molecule has 128 valence electrons. The van der Waals surface area contributed by atoms with Crippen LogP contribution in [-0.2, 0) is 9.53 Å². The van der Waals surface area contributed by atoms with Crippen LogP contribution < -0.4 is 5.32 Å². The van der Waals surface area contributed by atoms with Gasteiger partial charge in [-0.05, 0) is 19.8 Å². The van der Waals surface area contributed by atoms with Gasteiger partial charge in [0.2, 0.25) is 5.91 Å². The predicted molar refractivity (Wildman–Crippen MR) is 87.1 cm³/mol. The summed E-state index contributed by atoms with van der Waals surface area (Å²) in [6.45, 7) is 5.90. The van der Waals surface area contributed by atoms with Crippen LogP contribution in [0.4, 0.5) is 0 Å². The van der Waals surface area contributed by atoms with Crippen molar-refractivity contribution in [2.24, 2.45) is 0 Å². The van der Waals surface area contributed by atoms with Crippen LogP contribution in [0, 0.1) is 6.92 Å². The molecule has 0 saturated carbocycles. The third-order valence-corrected chi connectivity index (χ3v) is 3.24. The van der Waals surface area contributed by atoms with Gasteiger partial charge in [0.15, 0.2) is 0 Å². The first-order valence-corrected chi connectivity index (χ1v) is 7.92. The molecular weight excluding hydrogens is 296 g/mol. The largest absolute Gasteiger partial charge is 0.385 e. The van der Waals surface area contributed by atoms with Crippen LogP contribution in [0.1, 0.15) is 42.4 Å². The van der Waals surface area contributed by atoms with Crippen molar-refractivity contribution < 1.29 is 14.3 Å². The number of nitrogens with zero attached hydrogens (tertiary/aromatic N) is 3. The molecule has 0 bridgehead atoms. The Bertz CT molecular complexity index is 491. The predicted octanol–water partition coefficient (Wildman–Crippen LogP) is 1.18. The van der Waals surface area contributed by atoms with Crippen LogP contribution in [0.25, 0.3) is 0 Å². The lowest BCUT2D eigenvalue weighted by atomic mass is 10.2. The summed E-state index contributed by atoms with van der Waals surface area (Å²) in [5.41, 5.74) is 1.05. The Hall–Kier alpha value is -2.02. The van der Waals surface area contributed by atoms with Crippen molar-refractivity contribution in [2.45, 2.75) is 33.1 Å². The number of methoxy groups -OCH3 is 1. The SMILES string of the molecule is CCCNC(=O)CCN(CCCOC)C(=O)c1cnc(C)cn1. The number of rotatable bonds is 10. The van der Waals surface area contributed by atoms with Crippen LogP contribution >= 0.6 is 0 Å². The van der Waals surface area contributed by atoms with Gasteiger partial charge in [-0.25, -0.2) is 4.98 Å². The van der Waals surface area contributed by atoms with Crippen molar-refractivity contribution in [1.82, 2.24) is 20.2 Å². The molecule has 0 atom stereocenters. The first-order valence-electron chi connectivity index (χ1n) is 7.92. The van der Waals surface area contributed by atoms with E-state index in [0.717, 1.165) is 12.1 Å². The third-order valence-electron chi connectivity index (χ3n) is 3.24. The number of hydrogen-bond donors (Lipinski definition) is 1. The monoisotopic (exact) mass is 322 g/mol. The second kappa shape index (κ2) is 10.7. The second-order valence-corrected chi connectivity index (χ2v) is 5.28. The fourth-order valence-electron chi connectivity index (χ4n) is 1.97. The topological polar surface area (TPSA) is 84.4 Å². The summed E-state index contributed by atoms with van der Waals surface area (Å²) in [6.07, 6.45) is 4.91. The number of amides is 2. The molecule has 0 aliphatic carbocycles. The van der Waals surface area contributed by atoms with Gasteiger partial charge in [-0.1, -0.05) is 6.92 Å². The number of carbonyl (C=O) groups is 2. The first kappa shape index (κ1) is 19.0. The molecule has 7 nitrogen and oxygen atoms in total. The average Bonchev–Trinajstić information content (AvgIpc) is 2.56. The fraction of sp³-hybridized carbons (Fsp3) is 0.625. The Kier molecular flexibility index (Phi) is 8.82. The molecule has 1 aromatic rings. The molecule has 1 rings (SSSR count). The van der Waals surface area contributed by atoms with Crippen molar-refractivity contribution in [2.75, 3.05) is 33.4 Å². The zero-order valence-electron chi connectivity index (χ0n) is 14.2. The van der Waals surface area contributed by atoms with E-state index in [2.05, 4.69) is 15.3 Å². The minimum absolute atomic E-state index is 0.0496.